The van der Waals surface area contributed by atoms with Gasteiger partial charge < -0.3 is 5.11 Å². The summed E-state index contributed by atoms with van der Waals surface area (Å²) in [6.07, 6.45) is 15.8. The molecule has 0 saturated heterocycles. The topological polar surface area (TPSA) is 37.3 Å². The molecule has 3 heteroatoms. The van der Waals surface area contributed by atoms with Crippen molar-refractivity contribution in [1.82, 2.24) is 0 Å². The van der Waals surface area contributed by atoms with E-state index < -0.39 is 5.97 Å². The Morgan fingerprint density at radius 3 is 1.39 bits per heavy atom. The molecule has 0 amide bonds. The van der Waals surface area contributed by atoms with Gasteiger partial charge in [-0.1, -0.05) is 77.6 Å². The first kappa shape index (κ1) is 20.4. The Balaban J connectivity index is 0. The Morgan fingerprint density at radius 1 is 0.722 bits per heavy atom. The van der Waals surface area contributed by atoms with Gasteiger partial charge in [0, 0.05) is 6.42 Å². The van der Waals surface area contributed by atoms with E-state index in [1.807, 2.05) is 0 Å². The second-order valence-corrected chi connectivity index (χ2v) is 5.03. The third-order valence-electron chi connectivity index (χ3n) is 3.24. The van der Waals surface area contributed by atoms with Crippen molar-refractivity contribution in [1.29, 1.82) is 0 Å². The molecule has 0 radical (unpaired) electrons. The van der Waals surface area contributed by atoms with Crippen molar-refractivity contribution in [3.63, 3.8) is 0 Å². The van der Waals surface area contributed by atoms with Gasteiger partial charge >= 0.3 is 24.8 Å². The van der Waals surface area contributed by atoms with Crippen molar-refractivity contribution < 1.29 is 9.90 Å². The molecule has 0 unspecified atom stereocenters. The molecule has 0 rings (SSSR count). The number of carboxylic acid groups (broad SMARTS) is 1. The van der Waals surface area contributed by atoms with Crippen LogP contribution >= 0.6 is 0 Å². The molecule has 0 saturated carbocycles. The van der Waals surface area contributed by atoms with Gasteiger partial charge in [-0.15, -0.1) is 0 Å². The number of carbonyl (C=O) groups is 1. The first-order valence-electron chi connectivity index (χ1n) is 7.49. The Kier molecular flexibility index (Phi) is 19.3. The van der Waals surface area contributed by atoms with E-state index in [9.17, 15) is 4.79 Å². The van der Waals surface area contributed by atoms with Gasteiger partial charge in [0.25, 0.3) is 0 Å². The van der Waals surface area contributed by atoms with E-state index in [0.29, 0.717) is 6.42 Å². The van der Waals surface area contributed by atoms with Crippen LogP contribution in [0.5, 0.6) is 0 Å². The molecule has 0 spiro atoms. The van der Waals surface area contributed by atoms with Gasteiger partial charge in [0.1, 0.15) is 0 Å². The second kappa shape index (κ2) is 17.1. The summed E-state index contributed by atoms with van der Waals surface area (Å²) < 4.78 is 0. The Hall–Kier alpha value is 0.0674. The summed E-state index contributed by atoms with van der Waals surface area (Å²) in [6, 6.07) is 0. The zero-order valence-corrected chi connectivity index (χ0v) is 11.5. The van der Waals surface area contributed by atoms with E-state index in [-0.39, 0.29) is 18.9 Å². The monoisotopic (exact) mass is 250 g/mol. The van der Waals surface area contributed by atoms with E-state index in [2.05, 4.69) is 6.92 Å². The van der Waals surface area contributed by atoms with Crippen LogP contribution < -0.4 is 0 Å². The first-order chi connectivity index (χ1) is 8.27. The normalized spacial score (nSPS) is 10.1. The quantitative estimate of drug-likeness (QED) is 0.385. The molecule has 0 heterocycles. The van der Waals surface area contributed by atoms with E-state index in [1.165, 1.54) is 64.2 Å². The molecule has 0 aromatic carbocycles. The minimum absolute atomic E-state index is 0. The predicted octanol–water partition coefficient (Wildman–Crippen LogP) is 4.51. The third-order valence-corrected chi connectivity index (χ3v) is 3.24. The number of rotatable bonds is 13. The maximum atomic E-state index is 10.3. The Labute approximate surface area is 125 Å². The van der Waals surface area contributed by atoms with Gasteiger partial charge in [-0.25, -0.2) is 0 Å². The van der Waals surface area contributed by atoms with Crippen molar-refractivity contribution in [2.75, 3.05) is 0 Å². The zero-order chi connectivity index (χ0) is 12.8. The van der Waals surface area contributed by atoms with Crippen molar-refractivity contribution in [3.05, 3.63) is 0 Å². The molecule has 0 aromatic rings. The van der Waals surface area contributed by atoms with Gasteiger partial charge in [0.15, 0.2) is 0 Å². The summed E-state index contributed by atoms with van der Waals surface area (Å²) in [7, 11) is 0. The average molecular weight is 250 g/mol. The molecule has 2 nitrogen and oxygen atoms in total. The summed E-state index contributed by atoms with van der Waals surface area (Å²) >= 11 is 0. The molecule has 0 aromatic heterocycles. The number of aliphatic carboxylic acids is 1. The molecule has 0 atom stereocenters. The van der Waals surface area contributed by atoms with Gasteiger partial charge in [0.2, 0.25) is 0 Å². The van der Waals surface area contributed by atoms with Crippen LogP contribution in [0, 0.1) is 0 Å². The summed E-state index contributed by atoms with van der Waals surface area (Å²) in [5, 5.41) is 8.47. The second-order valence-electron chi connectivity index (χ2n) is 5.03. The van der Waals surface area contributed by atoms with Gasteiger partial charge in [-0.2, -0.15) is 0 Å². The van der Waals surface area contributed by atoms with E-state index in [1.54, 1.807) is 0 Å². The van der Waals surface area contributed by atoms with Gasteiger partial charge in [-0.05, 0) is 6.42 Å². The summed E-state index contributed by atoms with van der Waals surface area (Å²) in [6.45, 7) is 2.25. The molecule has 0 fully saturated rings. The average Bonchev–Trinajstić information content (AvgIpc) is 2.30. The van der Waals surface area contributed by atoms with E-state index in [4.69, 9.17) is 5.11 Å². The molecule has 0 aliphatic rings. The van der Waals surface area contributed by atoms with Crippen LogP contribution in [-0.2, 0) is 4.79 Å². The van der Waals surface area contributed by atoms with Gasteiger partial charge in [0.05, 0.1) is 0 Å². The van der Waals surface area contributed by atoms with Crippen LogP contribution in [-0.4, -0.2) is 29.9 Å². The molecule has 0 aliphatic carbocycles. The van der Waals surface area contributed by atoms with Crippen LogP contribution in [0.4, 0.5) is 0 Å². The maximum absolute atomic E-state index is 10.3. The number of hydrogen-bond donors (Lipinski definition) is 1. The van der Waals surface area contributed by atoms with Crippen molar-refractivity contribution in [2.45, 2.75) is 90.4 Å². The molecule has 0 bridgehead atoms. The molecular weight excluding hydrogens is 219 g/mol. The Morgan fingerprint density at radius 2 is 1.06 bits per heavy atom. The predicted molar refractivity (Wildman–Crippen MR) is 80.5 cm³/mol. The number of hydrogen-bond acceptors (Lipinski definition) is 1. The van der Waals surface area contributed by atoms with E-state index in [0.717, 1.165) is 12.8 Å². The summed E-state index contributed by atoms with van der Waals surface area (Å²) in [5.74, 6) is -0.655. The third kappa shape index (κ3) is 18.4. The first-order valence-corrected chi connectivity index (χ1v) is 7.49. The van der Waals surface area contributed by atoms with Crippen molar-refractivity contribution in [2.24, 2.45) is 0 Å². The van der Waals surface area contributed by atoms with Gasteiger partial charge in [-0.3, -0.25) is 4.79 Å². The number of unbranched alkanes of at least 4 members (excludes halogenated alkanes) is 11. The fraction of sp³-hybridized carbons (Fsp3) is 0.933. The fourth-order valence-electron chi connectivity index (χ4n) is 2.12. The molecule has 18 heavy (non-hydrogen) atoms. The van der Waals surface area contributed by atoms with Crippen LogP contribution in [0.1, 0.15) is 90.4 Å². The molecule has 0 aliphatic heterocycles. The van der Waals surface area contributed by atoms with Crippen LogP contribution in [0.3, 0.4) is 0 Å². The van der Waals surface area contributed by atoms with Crippen molar-refractivity contribution >= 4 is 24.8 Å². The molecule has 104 valence electrons. The summed E-state index contributed by atoms with van der Waals surface area (Å²) in [5.41, 5.74) is 0. The van der Waals surface area contributed by atoms with Crippen LogP contribution in [0.25, 0.3) is 0 Å². The van der Waals surface area contributed by atoms with Crippen LogP contribution in [0.2, 0.25) is 0 Å². The standard InChI is InChI=1S/C15H30O2.Li.H/c1-2-3-4-5-6-7-8-9-10-11-12-13-14-15(16)17;;/h2-14H2,1H3,(H,16,17);;. The fourth-order valence-corrected chi connectivity index (χ4v) is 2.12. The number of carboxylic acids is 1. The molecular formula is C15H31LiO2. The van der Waals surface area contributed by atoms with E-state index >= 15 is 0 Å². The SMILES string of the molecule is CCCCCCCCCCCCCCC(=O)O.[LiH]. The van der Waals surface area contributed by atoms with Crippen molar-refractivity contribution in [3.8, 4) is 0 Å². The Bertz CT molecular complexity index is 172. The minimum atomic E-state index is -0.655. The molecule has 1 N–H and O–H groups in total. The summed E-state index contributed by atoms with van der Waals surface area (Å²) in [4.78, 5) is 10.3. The van der Waals surface area contributed by atoms with Crippen LogP contribution in [0.15, 0.2) is 0 Å². The zero-order valence-electron chi connectivity index (χ0n) is 11.5.